The Bertz CT molecular complexity index is 537. The maximum atomic E-state index is 14.3. The molecule has 0 spiro atoms. The first-order valence-corrected chi connectivity index (χ1v) is 7.52. The lowest BCUT2D eigenvalue weighted by Crippen LogP contribution is -2.53. The minimum absolute atomic E-state index is 0.149. The molecule has 20 heavy (non-hydrogen) atoms. The lowest BCUT2D eigenvalue weighted by molar-refractivity contribution is 0.128. The number of nitrogens with zero attached hydrogens (tertiary/aromatic N) is 3. The molecular weight excluding hydrogens is 321 g/mol. The number of hydrogen-bond acceptors (Lipinski definition) is 3. The van der Waals surface area contributed by atoms with Crippen LogP contribution < -0.4 is 4.90 Å². The molecule has 1 aliphatic rings. The second-order valence-electron chi connectivity index (χ2n) is 6.02. The molecule has 0 amide bonds. The zero-order valence-corrected chi connectivity index (χ0v) is 13.7. The van der Waals surface area contributed by atoms with E-state index in [1.165, 1.54) is 0 Å². The lowest BCUT2D eigenvalue weighted by atomic mass is 10.0. The first kappa shape index (κ1) is 15.3. The van der Waals surface area contributed by atoms with Gasteiger partial charge in [0.15, 0.2) is 5.82 Å². The van der Waals surface area contributed by atoms with E-state index in [0.29, 0.717) is 11.3 Å². The predicted octanol–water partition coefficient (Wildman–Crippen LogP) is 3.38. The Kier molecular flexibility index (Phi) is 4.36. The van der Waals surface area contributed by atoms with Gasteiger partial charge in [0.25, 0.3) is 0 Å². The Hall–Kier alpha value is -1.12. The highest BCUT2D eigenvalue weighted by atomic mass is 79.9. The van der Waals surface area contributed by atoms with Gasteiger partial charge in [0.05, 0.1) is 15.7 Å². The van der Waals surface area contributed by atoms with Crippen LogP contribution in [0.5, 0.6) is 0 Å². The van der Waals surface area contributed by atoms with Gasteiger partial charge in [-0.05, 0) is 48.8 Å². The van der Waals surface area contributed by atoms with Crippen LogP contribution in [-0.4, -0.2) is 36.6 Å². The van der Waals surface area contributed by atoms with Gasteiger partial charge in [0, 0.05) is 31.7 Å². The van der Waals surface area contributed by atoms with Crippen LogP contribution in [-0.2, 0) is 0 Å². The number of piperazine rings is 1. The van der Waals surface area contributed by atoms with Crippen LogP contribution in [0.3, 0.4) is 0 Å². The van der Waals surface area contributed by atoms with Crippen molar-refractivity contribution in [3.05, 3.63) is 28.0 Å². The molecule has 108 valence electrons. The van der Waals surface area contributed by atoms with Gasteiger partial charge in [-0.3, -0.25) is 4.90 Å². The minimum Gasteiger partial charge on any atom is -0.367 e. The summed E-state index contributed by atoms with van der Waals surface area (Å²) in [6.45, 7) is 10.0. The minimum atomic E-state index is -0.340. The van der Waals surface area contributed by atoms with E-state index in [-0.39, 0.29) is 15.8 Å². The second-order valence-corrected chi connectivity index (χ2v) is 6.81. The molecule has 1 heterocycles. The summed E-state index contributed by atoms with van der Waals surface area (Å²) in [5.74, 6) is -0.340. The monoisotopic (exact) mass is 339 g/mol. The molecule has 1 fully saturated rings. The molecule has 5 heteroatoms. The van der Waals surface area contributed by atoms with Gasteiger partial charge in [0.1, 0.15) is 6.07 Å². The fourth-order valence-corrected chi connectivity index (χ4v) is 2.91. The Morgan fingerprint density at radius 3 is 2.30 bits per heavy atom. The average molecular weight is 340 g/mol. The second kappa shape index (κ2) is 5.71. The number of hydrogen-bond donors (Lipinski definition) is 0. The molecule has 1 saturated heterocycles. The Labute approximate surface area is 128 Å². The fourth-order valence-electron chi connectivity index (χ4n) is 2.49. The number of anilines is 1. The summed E-state index contributed by atoms with van der Waals surface area (Å²) >= 11 is 3.17. The highest BCUT2D eigenvalue weighted by Gasteiger charge is 2.27. The van der Waals surface area contributed by atoms with Crippen LogP contribution in [0.2, 0.25) is 0 Å². The standard InChI is InChI=1S/C15H19BrFN3/c1-15(2,3)20-8-6-19(7-9-20)12-5-4-11(10-18)13(16)14(12)17/h4-5H,6-9H2,1-3H3. The highest BCUT2D eigenvalue weighted by molar-refractivity contribution is 9.10. The predicted molar refractivity (Wildman–Crippen MR) is 82.4 cm³/mol. The summed E-state index contributed by atoms with van der Waals surface area (Å²) in [7, 11) is 0. The molecule has 3 nitrogen and oxygen atoms in total. The Morgan fingerprint density at radius 1 is 1.20 bits per heavy atom. The highest BCUT2D eigenvalue weighted by Crippen LogP contribution is 2.30. The van der Waals surface area contributed by atoms with Crippen LogP contribution in [0, 0.1) is 17.1 Å². The van der Waals surface area contributed by atoms with Gasteiger partial charge < -0.3 is 4.90 Å². The quantitative estimate of drug-likeness (QED) is 0.785. The number of benzene rings is 1. The van der Waals surface area contributed by atoms with Gasteiger partial charge >= 0.3 is 0 Å². The third-order valence-corrected chi connectivity index (χ3v) is 4.53. The van der Waals surface area contributed by atoms with E-state index >= 15 is 0 Å². The number of rotatable bonds is 1. The summed E-state index contributed by atoms with van der Waals surface area (Å²) in [4.78, 5) is 4.45. The van der Waals surface area contributed by atoms with Crippen molar-refractivity contribution in [1.29, 1.82) is 5.26 Å². The summed E-state index contributed by atoms with van der Waals surface area (Å²) in [5.41, 5.74) is 1.06. The molecule has 2 rings (SSSR count). The third-order valence-electron chi connectivity index (χ3n) is 3.75. The van der Waals surface area contributed by atoms with E-state index in [9.17, 15) is 4.39 Å². The zero-order chi connectivity index (χ0) is 14.9. The van der Waals surface area contributed by atoms with Gasteiger partial charge in [-0.15, -0.1) is 0 Å². The molecule has 0 saturated carbocycles. The van der Waals surface area contributed by atoms with E-state index in [1.807, 2.05) is 11.0 Å². The normalized spacial score (nSPS) is 17.1. The maximum absolute atomic E-state index is 14.3. The van der Waals surface area contributed by atoms with Crippen molar-refractivity contribution in [2.75, 3.05) is 31.1 Å². The largest absolute Gasteiger partial charge is 0.367 e. The van der Waals surface area contributed by atoms with Crippen LogP contribution in [0.4, 0.5) is 10.1 Å². The molecule has 0 atom stereocenters. The maximum Gasteiger partial charge on any atom is 0.161 e. The molecule has 1 aliphatic heterocycles. The molecule has 0 bridgehead atoms. The van der Waals surface area contributed by atoms with E-state index in [4.69, 9.17) is 5.26 Å². The first-order valence-electron chi connectivity index (χ1n) is 6.72. The van der Waals surface area contributed by atoms with Crippen LogP contribution >= 0.6 is 15.9 Å². The number of halogens is 2. The summed E-state index contributed by atoms with van der Waals surface area (Å²) in [5, 5.41) is 8.90. The SMILES string of the molecule is CC(C)(C)N1CCN(c2ccc(C#N)c(Br)c2F)CC1. The smallest absolute Gasteiger partial charge is 0.161 e. The van der Waals surface area contributed by atoms with Crippen molar-refractivity contribution < 1.29 is 4.39 Å². The van der Waals surface area contributed by atoms with Gasteiger partial charge in [-0.25, -0.2) is 4.39 Å². The van der Waals surface area contributed by atoms with Crippen molar-refractivity contribution in [3.8, 4) is 6.07 Å². The van der Waals surface area contributed by atoms with Gasteiger partial charge in [-0.2, -0.15) is 5.26 Å². The van der Waals surface area contributed by atoms with Crippen LogP contribution in [0.15, 0.2) is 16.6 Å². The topological polar surface area (TPSA) is 30.3 Å². The van der Waals surface area contributed by atoms with Crippen molar-refractivity contribution in [2.45, 2.75) is 26.3 Å². The first-order chi connectivity index (χ1) is 9.34. The summed E-state index contributed by atoms with van der Waals surface area (Å²) in [6.07, 6.45) is 0. The van der Waals surface area contributed by atoms with Crippen molar-refractivity contribution in [1.82, 2.24) is 4.90 Å². The van der Waals surface area contributed by atoms with E-state index in [0.717, 1.165) is 26.2 Å². The van der Waals surface area contributed by atoms with E-state index in [1.54, 1.807) is 12.1 Å². The summed E-state index contributed by atoms with van der Waals surface area (Å²) in [6, 6.07) is 5.34. The van der Waals surface area contributed by atoms with Crippen molar-refractivity contribution in [2.24, 2.45) is 0 Å². The fraction of sp³-hybridized carbons (Fsp3) is 0.533. The molecule has 0 unspecified atom stereocenters. The molecule has 1 aromatic rings. The molecule has 1 aromatic carbocycles. The van der Waals surface area contributed by atoms with Crippen LogP contribution in [0.1, 0.15) is 26.3 Å². The van der Waals surface area contributed by atoms with Crippen molar-refractivity contribution in [3.63, 3.8) is 0 Å². The zero-order valence-electron chi connectivity index (χ0n) is 12.1. The molecule has 0 radical (unpaired) electrons. The molecule has 0 aromatic heterocycles. The van der Waals surface area contributed by atoms with E-state index < -0.39 is 0 Å². The van der Waals surface area contributed by atoms with E-state index in [2.05, 4.69) is 41.6 Å². The molecular formula is C15H19BrFN3. The van der Waals surface area contributed by atoms with Gasteiger partial charge in [0.2, 0.25) is 0 Å². The van der Waals surface area contributed by atoms with Crippen LogP contribution in [0.25, 0.3) is 0 Å². The third kappa shape index (κ3) is 2.97. The number of nitriles is 1. The van der Waals surface area contributed by atoms with Gasteiger partial charge in [-0.1, -0.05) is 0 Å². The Balaban J connectivity index is 2.16. The summed E-state index contributed by atoms with van der Waals surface area (Å²) < 4.78 is 14.6. The molecule has 0 N–H and O–H groups in total. The average Bonchev–Trinajstić information content (AvgIpc) is 2.41. The lowest BCUT2D eigenvalue weighted by Gasteiger charge is -2.43. The Morgan fingerprint density at radius 2 is 1.80 bits per heavy atom. The molecule has 0 aliphatic carbocycles. The van der Waals surface area contributed by atoms with Crippen molar-refractivity contribution >= 4 is 21.6 Å².